The molecule has 4 nitrogen and oxygen atoms in total. The Morgan fingerprint density at radius 2 is 2.00 bits per heavy atom. The molecule has 0 amide bonds. The summed E-state index contributed by atoms with van der Waals surface area (Å²) in [7, 11) is 2.15. The van der Waals surface area contributed by atoms with Crippen LogP contribution in [-0.2, 0) is 9.47 Å². The first-order chi connectivity index (χ1) is 7.79. The lowest BCUT2D eigenvalue weighted by molar-refractivity contribution is -0.0844. The lowest BCUT2D eigenvalue weighted by atomic mass is 9.94. The third-order valence-corrected chi connectivity index (χ3v) is 3.65. The average Bonchev–Trinajstić information content (AvgIpc) is 2.78. The summed E-state index contributed by atoms with van der Waals surface area (Å²) in [5, 5.41) is 8.95. The number of hydrogen-bond acceptors (Lipinski definition) is 4. The predicted octanol–water partition coefficient (Wildman–Crippen LogP) is 0.985. The Morgan fingerprint density at radius 3 is 2.62 bits per heavy atom. The van der Waals surface area contributed by atoms with Crippen LogP contribution in [0.4, 0.5) is 0 Å². The van der Waals surface area contributed by atoms with Gasteiger partial charge >= 0.3 is 0 Å². The van der Waals surface area contributed by atoms with Gasteiger partial charge in [0.25, 0.3) is 0 Å². The van der Waals surface area contributed by atoms with E-state index in [1.165, 1.54) is 32.1 Å². The van der Waals surface area contributed by atoms with Crippen molar-refractivity contribution >= 4 is 0 Å². The van der Waals surface area contributed by atoms with E-state index < -0.39 is 0 Å². The lowest BCUT2D eigenvalue weighted by Crippen LogP contribution is -2.39. The van der Waals surface area contributed by atoms with Crippen LogP contribution in [0.1, 0.15) is 32.1 Å². The van der Waals surface area contributed by atoms with E-state index in [9.17, 15) is 0 Å². The Balaban J connectivity index is 1.72. The van der Waals surface area contributed by atoms with Crippen molar-refractivity contribution in [3.05, 3.63) is 0 Å². The number of hydrogen-bond donors (Lipinski definition) is 1. The maximum atomic E-state index is 8.95. The quantitative estimate of drug-likeness (QED) is 0.780. The first-order valence-electron chi connectivity index (χ1n) is 6.37. The van der Waals surface area contributed by atoms with Gasteiger partial charge in [-0.2, -0.15) is 0 Å². The SMILES string of the molecule is CN(CC1OCC(CO)O1)C1CCCCC1. The van der Waals surface area contributed by atoms with Crippen LogP contribution in [0.25, 0.3) is 0 Å². The molecule has 0 aromatic carbocycles. The molecule has 1 aliphatic carbocycles. The molecule has 2 atom stereocenters. The molecule has 0 radical (unpaired) electrons. The van der Waals surface area contributed by atoms with E-state index >= 15 is 0 Å². The zero-order valence-corrected chi connectivity index (χ0v) is 10.1. The van der Waals surface area contributed by atoms with E-state index in [1.54, 1.807) is 0 Å². The first kappa shape index (κ1) is 12.3. The highest BCUT2D eigenvalue weighted by atomic mass is 16.7. The molecule has 1 heterocycles. The summed E-state index contributed by atoms with van der Waals surface area (Å²) in [5.41, 5.74) is 0. The van der Waals surface area contributed by atoms with Crippen molar-refractivity contribution in [1.82, 2.24) is 4.90 Å². The Kier molecular flexibility index (Phi) is 4.58. The summed E-state index contributed by atoms with van der Waals surface area (Å²) < 4.78 is 11.1. The molecular formula is C12H23NO3. The normalized spacial score (nSPS) is 32.4. The van der Waals surface area contributed by atoms with Gasteiger partial charge in [0, 0.05) is 12.6 Å². The topological polar surface area (TPSA) is 41.9 Å². The van der Waals surface area contributed by atoms with Crippen LogP contribution in [-0.4, -0.2) is 55.2 Å². The van der Waals surface area contributed by atoms with Crippen molar-refractivity contribution in [3.8, 4) is 0 Å². The molecule has 0 aromatic heterocycles. The fourth-order valence-corrected chi connectivity index (χ4v) is 2.61. The minimum absolute atomic E-state index is 0.0592. The maximum absolute atomic E-state index is 8.95. The third-order valence-electron chi connectivity index (χ3n) is 3.65. The number of likely N-dealkylation sites (N-methyl/N-ethyl adjacent to an activating group) is 1. The van der Waals surface area contributed by atoms with Crippen molar-refractivity contribution in [2.24, 2.45) is 0 Å². The molecule has 0 bridgehead atoms. The summed E-state index contributed by atoms with van der Waals surface area (Å²) in [6, 6.07) is 0.689. The van der Waals surface area contributed by atoms with Gasteiger partial charge in [-0.05, 0) is 19.9 Å². The molecule has 2 aliphatic rings. The van der Waals surface area contributed by atoms with Crippen LogP contribution in [0.3, 0.4) is 0 Å². The van der Waals surface area contributed by atoms with Crippen LogP contribution in [0.5, 0.6) is 0 Å². The molecule has 1 N–H and O–H groups in total. The second-order valence-corrected chi connectivity index (χ2v) is 4.93. The number of aliphatic hydroxyl groups is 1. The predicted molar refractivity (Wildman–Crippen MR) is 61.2 cm³/mol. The molecule has 0 spiro atoms. The minimum atomic E-state index is -0.149. The van der Waals surface area contributed by atoms with Gasteiger partial charge in [-0.1, -0.05) is 19.3 Å². The molecule has 1 saturated heterocycles. The molecule has 2 rings (SSSR count). The molecule has 1 saturated carbocycles. The van der Waals surface area contributed by atoms with E-state index in [1.807, 2.05) is 0 Å². The van der Waals surface area contributed by atoms with Crippen LogP contribution >= 0.6 is 0 Å². The Labute approximate surface area is 97.5 Å². The molecular weight excluding hydrogens is 206 g/mol. The highest BCUT2D eigenvalue weighted by Crippen LogP contribution is 2.22. The van der Waals surface area contributed by atoms with Gasteiger partial charge in [-0.3, -0.25) is 4.90 Å². The van der Waals surface area contributed by atoms with E-state index in [-0.39, 0.29) is 19.0 Å². The van der Waals surface area contributed by atoms with Crippen LogP contribution < -0.4 is 0 Å². The van der Waals surface area contributed by atoms with Crippen LogP contribution in [0.2, 0.25) is 0 Å². The summed E-state index contributed by atoms with van der Waals surface area (Å²) >= 11 is 0. The highest BCUT2D eigenvalue weighted by Gasteiger charge is 2.28. The number of aliphatic hydroxyl groups excluding tert-OH is 1. The summed E-state index contributed by atoms with van der Waals surface area (Å²) in [5.74, 6) is 0. The van der Waals surface area contributed by atoms with Gasteiger partial charge in [-0.15, -0.1) is 0 Å². The summed E-state index contributed by atoms with van der Waals surface area (Å²) in [6.07, 6.45) is 6.40. The Hall–Kier alpha value is -0.160. The van der Waals surface area contributed by atoms with Gasteiger partial charge < -0.3 is 14.6 Å². The van der Waals surface area contributed by atoms with Gasteiger partial charge in [0.15, 0.2) is 6.29 Å². The van der Waals surface area contributed by atoms with Crippen molar-refractivity contribution in [1.29, 1.82) is 0 Å². The van der Waals surface area contributed by atoms with E-state index in [0.717, 1.165) is 6.54 Å². The first-order valence-corrected chi connectivity index (χ1v) is 6.37. The van der Waals surface area contributed by atoms with Crippen molar-refractivity contribution < 1.29 is 14.6 Å². The standard InChI is InChI=1S/C12H23NO3/c1-13(10-5-3-2-4-6-10)7-12-15-9-11(8-14)16-12/h10-12,14H,2-9H2,1H3. The fraction of sp³-hybridized carbons (Fsp3) is 1.00. The smallest absolute Gasteiger partial charge is 0.170 e. The molecule has 2 fully saturated rings. The average molecular weight is 229 g/mol. The second kappa shape index (κ2) is 5.96. The second-order valence-electron chi connectivity index (χ2n) is 4.93. The van der Waals surface area contributed by atoms with Gasteiger partial charge in [0.2, 0.25) is 0 Å². The number of rotatable bonds is 4. The van der Waals surface area contributed by atoms with Gasteiger partial charge in [-0.25, -0.2) is 0 Å². The minimum Gasteiger partial charge on any atom is -0.394 e. The van der Waals surface area contributed by atoms with Crippen LogP contribution in [0.15, 0.2) is 0 Å². The lowest BCUT2D eigenvalue weighted by Gasteiger charge is -2.32. The summed E-state index contributed by atoms with van der Waals surface area (Å²) in [4.78, 5) is 2.35. The maximum Gasteiger partial charge on any atom is 0.170 e. The molecule has 16 heavy (non-hydrogen) atoms. The van der Waals surface area contributed by atoms with Crippen molar-refractivity contribution in [2.75, 3.05) is 26.8 Å². The van der Waals surface area contributed by atoms with Crippen LogP contribution in [0, 0.1) is 0 Å². The number of nitrogens with zero attached hydrogens (tertiary/aromatic N) is 1. The Morgan fingerprint density at radius 1 is 1.25 bits per heavy atom. The van der Waals surface area contributed by atoms with E-state index in [2.05, 4.69) is 11.9 Å². The van der Waals surface area contributed by atoms with Gasteiger partial charge in [0.1, 0.15) is 6.10 Å². The largest absolute Gasteiger partial charge is 0.394 e. The third kappa shape index (κ3) is 3.17. The van der Waals surface area contributed by atoms with Crippen molar-refractivity contribution in [2.45, 2.75) is 50.5 Å². The monoisotopic (exact) mass is 229 g/mol. The molecule has 4 heteroatoms. The summed E-state index contributed by atoms with van der Waals surface area (Å²) in [6.45, 7) is 1.41. The number of ether oxygens (including phenoxy) is 2. The fourth-order valence-electron chi connectivity index (χ4n) is 2.61. The Bertz CT molecular complexity index is 206. The highest BCUT2D eigenvalue weighted by molar-refractivity contribution is 4.75. The molecule has 2 unspecified atom stereocenters. The zero-order chi connectivity index (χ0) is 11.4. The van der Waals surface area contributed by atoms with Crippen molar-refractivity contribution in [3.63, 3.8) is 0 Å². The molecule has 1 aliphatic heterocycles. The zero-order valence-electron chi connectivity index (χ0n) is 10.1. The molecule has 0 aromatic rings. The van der Waals surface area contributed by atoms with E-state index in [4.69, 9.17) is 14.6 Å². The van der Waals surface area contributed by atoms with Gasteiger partial charge in [0.05, 0.1) is 13.2 Å². The molecule has 94 valence electrons. The van der Waals surface area contributed by atoms with E-state index in [0.29, 0.717) is 12.6 Å².